The fraction of sp³-hybridized carbons (Fsp3) is 0.267. The summed E-state index contributed by atoms with van der Waals surface area (Å²) in [6.07, 6.45) is 2.66. The second kappa shape index (κ2) is 5.76. The number of hydrogen-bond donors (Lipinski definition) is 2. The molecule has 0 saturated heterocycles. The molecule has 2 aromatic rings. The lowest BCUT2D eigenvalue weighted by molar-refractivity contribution is 0.534. The molecule has 1 heterocycles. The Morgan fingerprint density at radius 1 is 1.11 bits per heavy atom. The Bertz CT molecular complexity index is 523. The lowest BCUT2D eigenvalue weighted by atomic mass is 9.97. The fourth-order valence-electron chi connectivity index (χ4n) is 2.16. The molecule has 1 aromatic heterocycles. The number of aromatic nitrogens is 1. The van der Waals surface area contributed by atoms with E-state index < -0.39 is 0 Å². The number of nitrogens with zero attached hydrogens (tertiary/aromatic N) is 1. The van der Waals surface area contributed by atoms with Crippen LogP contribution in [0.15, 0.2) is 42.6 Å². The zero-order chi connectivity index (χ0) is 13.0. The van der Waals surface area contributed by atoms with Gasteiger partial charge in [0.25, 0.3) is 0 Å². The van der Waals surface area contributed by atoms with Crippen molar-refractivity contribution in [2.24, 2.45) is 5.84 Å². The van der Waals surface area contributed by atoms with Gasteiger partial charge in [0.1, 0.15) is 0 Å². The molecule has 3 N–H and O–H groups in total. The van der Waals surface area contributed by atoms with Gasteiger partial charge >= 0.3 is 0 Å². The fourth-order valence-corrected chi connectivity index (χ4v) is 2.16. The van der Waals surface area contributed by atoms with E-state index in [1.807, 2.05) is 12.3 Å². The molecule has 0 saturated carbocycles. The zero-order valence-electron chi connectivity index (χ0n) is 10.9. The zero-order valence-corrected chi connectivity index (χ0v) is 10.9. The molecule has 0 radical (unpaired) electrons. The Morgan fingerprint density at radius 2 is 1.83 bits per heavy atom. The van der Waals surface area contributed by atoms with E-state index in [1.54, 1.807) is 0 Å². The minimum absolute atomic E-state index is 0.0484. The number of nitrogens with two attached hydrogens (primary N) is 1. The Kier molecular flexibility index (Phi) is 4.07. The van der Waals surface area contributed by atoms with Crippen LogP contribution in [-0.2, 0) is 6.42 Å². The van der Waals surface area contributed by atoms with Crippen molar-refractivity contribution in [3.8, 4) is 0 Å². The largest absolute Gasteiger partial charge is 0.271 e. The summed E-state index contributed by atoms with van der Waals surface area (Å²) < 4.78 is 0. The molecule has 0 spiro atoms. The van der Waals surface area contributed by atoms with E-state index in [-0.39, 0.29) is 6.04 Å². The van der Waals surface area contributed by atoms with Crippen LogP contribution in [0, 0.1) is 13.8 Å². The van der Waals surface area contributed by atoms with E-state index in [0.717, 1.165) is 17.7 Å². The summed E-state index contributed by atoms with van der Waals surface area (Å²) in [5.74, 6) is 5.68. The molecule has 0 aliphatic carbocycles. The number of nitrogens with one attached hydrogen (secondary N) is 1. The number of benzene rings is 1. The first-order valence-corrected chi connectivity index (χ1v) is 6.14. The van der Waals surface area contributed by atoms with Gasteiger partial charge in [-0.3, -0.25) is 16.3 Å². The van der Waals surface area contributed by atoms with Crippen LogP contribution in [0.1, 0.15) is 28.4 Å². The first-order chi connectivity index (χ1) is 8.72. The van der Waals surface area contributed by atoms with Gasteiger partial charge in [0, 0.05) is 6.20 Å². The van der Waals surface area contributed by atoms with Crippen LogP contribution >= 0.6 is 0 Å². The predicted octanol–water partition coefficient (Wildman–Crippen LogP) is 2.45. The molecule has 3 heteroatoms. The van der Waals surface area contributed by atoms with Gasteiger partial charge in [-0.05, 0) is 43.0 Å². The Labute approximate surface area is 108 Å². The molecule has 0 amide bonds. The number of pyridine rings is 1. The minimum atomic E-state index is 0.0484. The first-order valence-electron chi connectivity index (χ1n) is 6.14. The molecule has 1 unspecified atom stereocenters. The molecule has 18 heavy (non-hydrogen) atoms. The summed E-state index contributed by atoms with van der Waals surface area (Å²) in [6.45, 7) is 4.18. The van der Waals surface area contributed by atoms with E-state index in [0.29, 0.717) is 0 Å². The van der Waals surface area contributed by atoms with Gasteiger partial charge in [-0.25, -0.2) is 0 Å². The molecule has 3 nitrogen and oxygen atoms in total. The van der Waals surface area contributed by atoms with Gasteiger partial charge in [0.2, 0.25) is 0 Å². The standard InChI is InChI=1S/C15H19N3/c1-11-6-3-4-8-13(11)10-14(18-16)15-12(2)7-5-9-17-15/h3-9,14,18H,10,16H2,1-2H3. The lowest BCUT2D eigenvalue weighted by Gasteiger charge is -2.18. The predicted molar refractivity (Wildman–Crippen MR) is 73.9 cm³/mol. The Hall–Kier alpha value is -1.71. The topological polar surface area (TPSA) is 50.9 Å². The van der Waals surface area contributed by atoms with Crippen LogP contribution in [0.2, 0.25) is 0 Å². The van der Waals surface area contributed by atoms with Crippen LogP contribution in [0.3, 0.4) is 0 Å². The minimum Gasteiger partial charge on any atom is -0.271 e. The third kappa shape index (κ3) is 2.75. The summed E-state index contributed by atoms with van der Waals surface area (Å²) in [7, 11) is 0. The van der Waals surface area contributed by atoms with E-state index in [4.69, 9.17) is 5.84 Å². The second-order valence-corrected chi connectivity index (χ2v) is 4.56. The lowest BCUT2D eigenvalue weighted by Crippen LogP contribution is -2.31. The van der Waals surface area contributed by atoms with Crippen molar-refractivity contribution in [1.29, 1.82) is 0 Å². The van der Waals surface area contributed by atoms with Crippen molar-refractivity contribution in [3.05, 3.63) is 65.0 Å². The third-order valence-electron chi connectivity index (χ3n) is 3.27. The van der Waals surface area contributed by atoms with Crippen LogP contribution < -0.4 is 11.3 Å². The highest BCUT2D eigenvalue weighted by atomic mass is 15.2. The smallest absolute Gasteiger partial charge is 0.0675 e. The summed E-state index contributed by atoms with van der Waals surface area (Å²) in [6, 6.07) is 12.4. The number of hydrogen-bond acceptors (Lipinski definition) is 3. The van der Waals surface area contributed by atoms with Gasteiger partial charge in [0.15, 0.2) is 0 Å². The molecule has 1 atom stereocenters. The Balaban J connectivity index is 2.26. The van der Waals surface area contributed by atoms with Gasteiger partial charge < -0.3 is 0 Å². The summed E-state index contributed by atoms with van der Waals surface area (Å²) >= 11 is 0. The maximum atomic E-state index is 5.68. The Morgan fingerprint density at radius 3 is 2.50 bits per heavy atom. The highest BCUT2D eigenvalue weighted by Crippen LogP contribution is 2.20. The average Bonchev–Trinajstić information content (AvgIpc) is 2.39. The van der Waals surface area contributed by atoms with Crippen molar-refractivity contribution >= 4 is 0 Å². The van der Waals surface area contributed by atoms with Crippen molar-refractivity contribution in [2.45, 2.75) is 26.3 Å². The molecule has 0 aliphatic heterocycles. The van der Waals surface area contributed by atoms with Crippen LogP contribution in [0.5, 0.6) is 0 Å². The van der Waals surface area contributed by atoms with E-state index >= 15 is 0 Å². The van der Waals surface area contributed by atoms with E-state index in [9.17, 15) is 0 Å². The number of hydrazine groups is 1. The third-order valence-corrected chi connectivity index (χ3v) is 3.27. The van der Waals surface area contributed by atoms with Crippen molar-refractivity contribution in [1.82, 2.24) is 10.4 Å². The number of aryl methyl sites for hydroxylation is 2. The molecular formula is C15H19N3. The number of rotatable bonds is 4. The molecule has 0 fully saturated rings. The average molecular weight is 241 g/mol. The van der Waals surface area contributed by atoms with Gasteiger partial charge in [0.05, 0.1) is 11.7 Å². The van der Waals surface area contributed by atoms with E-state index in [1.165, 1.54) is 11.1 Å². The highest BCUT2D eigenvalue weighted by Gasteiger charge is 2.14. The molecule has 1 aromatic carbocycles. The maximum Gasteiger partial charge on any atom is 0.0675 e. The van der Waals surface area contributed by atoms with Crippen LogP contribution in [0.4, 0.5) is 0 Å². The van der Waals surface area contributed by atoms with E-state index in [2.05, 4.69) is 54.6 Å². The quantitative estimate of drug-likeness (QED) is 0.638. The van der Waals surface area contributed by atoms with Crippen LogP contribution in [-0.4, -0.2) is 4.98 Å². The molecule has 0 bridgehead atoms. The highest BCUT2D eigenvalue weighted by molar-refractivity contribution is 5.29. The maximum absolute atomic E-state index is 5.68. The summed E-state index contributed by atoms with van der Waals surface area (Å²) in [5, 5.41) is 0. The van der Waals surface area contributed by atoms with Gasteiger partial charge in [-0.15, -0.1) is 0 Å². The van der Waals surface area contributed by atoms with Crippen molar-refractivity contribution in [3.63, 3.8) is 0 Å². The molecule has 0 aliphatic rings. The van der Waals surface area contributed by atoms with Crippen LogP contribution in [0.25, 0.3) is 0 Å². The summed E-state index contributed by atoms with van der Waals surface area (Å²) in [5.41, 5.74) is 7.63. The molecular weight excluding hydrogens is 222 g/mol. The van der Waals surface area contributed by atoms with Crippen molar-refractivity contribution in [2.75, 3.05) is 0 Å². The normalized spacial score (nSPS) is 12.4. The molecule has 2 rings (SSSR count). The first kappa shape index (κ1) is 12.7. The van der Waals surface area contributed by atoms with Gasteiger partial charge in [-0.2, -0.15) is 0 Å². The molecule has 94 valence electrons. The summed E-state index contributed by atoms with van der Waals surface area (Å²) in [4.78, 5) is 4.43. The SMILES string of the molecule is Cc1ccccc1CC(NN)c1ncccc1C. The van der Waals surface area contributed by atoms with Crippen molar-refractivity contribution < 1.29 is 0 Å². The second-order valence-electron chi connectivity index (χ2n) is 4.56. The monoisotopic (exact) mass is 241 g/mol. The van der Waals surface area contributed by atoms with Gasteiger partial charge in [-0.1, -0.05) is 30.3 Å².